The molecule has 0 radical (unpaired) electrons. The van der Waals surface area contributed by atoms with Gasteiger partial charge in [0, 0.05) is 31.1 Å². The summed E-state index contributed by atoms with van der Waals surface area (Å²) in [6.07, 6.45) is 0.403. The van der Waals surface area contributed by atoms with Crippen molar-refractivity contribution in [3.63, 3.8) is 0 Å². The van der Waals surface area contributed by atoms with E-state index in [2.05, 4.69) is 5.32 Å². The Morgan fingerprint density at radius 2 is 1.54 bits per heavy atom. The number of fused-ring (bicyclic) bond motifs is 1. The highest BCUT2D eigenvalue weighted by atomic mass is 16.5. The van der Waals surface area contributed by atoms with E-state index in [-0.39, 0.29) is 18.4 Å². The van der Waals surface area contributed by atoms with E-state index in [9.17, 15) is 9.59 Å². The summed E-state index contributed by atoms with van der Waals surface area (Å²) >= 11 is 0. The van der Waals surface area contributed by atoms with Crippen LogP contribution in [0.25, 0.3) is 0 Å². The monoisotopic (exact) mass is 474 g/mol. The molecule has 0 aromatic heterocycles. The van der Waals surface area contributed by atoms with Gasteiger partial charge in [0.05, 0.1) is 21.3 Å². The van der Waals surface area contributed by atoms with Gasteiger partial charge in [-0.05, 0) is 53.9 Å². The molecule has 1 aliphatic heterocycles. The molecule has 3 aromatic rings. The van der Waals surface area contributed by atoms with Crippen LogP contribution < -0.4 is 19.5 Å². The van der Waals surface area contributed by atoms with Crippen molar-refractivity contribution in [1.29, 1.82) is 0 Å². The molecule has 0 saturated heterocycles. The molecule has 0 unspecified atom stereocenters. The zero-order valence-corrected chi connectivity index (χ0v) is 20.5. The van der Waals surface area contributed by atoms with Crippen LogP contribution in [0.2, 0.25) is 0 Å². The SMILES string of the molecule is COc1cccc(CNC(=O)[C@@]2(C)Cc3ccccc3C(=O)N2Cc2cc(OC)cc(OC)c2)c1. The third kappa shape index (κ3) is 4.94. The Morgan fingerprint density at radius 3 is 2.23 bits per heavy atom. The topological polar surface area (TPSA) is 77.1 Å². The largest absolute Gasteiger partial charge is 0.497 e. The molecule has 3 aromatic carbocycles. The van der Waals surface area contributed by atoms with Crippen molar-refractivity contribution in [3.8, 4) is 17.2 Å². The Bertz CT molecular complexity index is 1220. The highest BCUT2D eigenvalue weighted by molar-refractivity contribution is 6.02. The van der Waals surface area contributed by atoms with Crippen LogP contribution in [0, 0.1) is 0 Å². The van der Waals surface area contributed by atoms with Crippen LogP contribution in [0.1, 0.15) is 34.0 Å². The average Bonchev–Trinajstić information content (AvgIpc) is 2.89. The zero-order valence-electron chi connectivity index (χ0n) is 20.5. The predicted molar refractivity (Wildman–Crippen MR) is 133 cm³/mol. The molecule has 0 bridgehead atoms. The van der Waals surface area contributed by atoms with E-state index in [0.29, 0.717) is 30.0 Å². The van der Waals surface area contributed by atoms with Gasteiger partial charge < -0.3 is 24.4 Å². The molecule has 1 atom stereocenters. The Hall–Kier alpha value is -4.00. The van der Waals surface area contributed by atoms with Crippen molar-refractivity contribution >= 4 is 11.8 Å². The maximum absolute atomic E-state index is 13.7. The fraction of sp³-hybridized carbons (Fsp3) is 0.286. The third-order valence-electron chi connectivity index (χ3n) is 6.45. The molecule has 35 heavy (non-hydrogen) atoms. The molecule has 0 fully saturated rings. The van der Waals surface area contributed by atoms with E-state index in [1.807, 2.05) is 67.6 Å². The molecule has 1 aliphatic rings. The molecule has 182 valence electrons. The Kier molecular flexibility index (Phi) is 6.96. The first kappa shape index (κ1) is 24.1. The fourth-order valence-electron chi connectivity index (χ4n) is 4.46. The van der Waals surface area contributed by atoms with Crippen molar-refractivity contribution in [3.05, 3.63) is 89.0 Å². The number of methoxy groups -OCH3 is 3. The minimum Gasteiger partial charge on any atom is -0.497 e. The van der Waals surface area contributed by atoms with Crippen LogP contribution in [0.15, 0.2) is 66.7 Å². The van der Waals surface area contributed by atoms with E-state index in [4.69, 9.17) is 14.2 Å². The summed E-state index contributed by atoms with van der Waals surface area (Å²) in [6, 6.07) is 20.5. The summed E-state index contributed by atoms with van der Waals surface area (Å²) in [6.45, 7) is 2.37. The van der Waals surface area contributed by atoms with Crippen LogP contribution in [0.5, 0.6) is 17.2 Å². The number of nitrogens with one attached hydrogen (secondary N) is 1. The fourth-order valence-corrected chi connectivity index (χ4v) is 4.46. The van der Waals surface area contributed by atoms with Crippen molar-refractivity contribution in [1.82, 2.24) is 10.2 Å². The van der Waals surface area contributed by atoms with Crippen LogP contribution in [0.4, 0.5) is 0 Å². The lowest BCUT2D eigenvalue weighted by Gasteiger charge is -2.44. The number of hydrogen-bond acceptors (Lipinski definition) is 5. The second-order valence-electron chi connectivity index (χ2n) is 8.75. The van der Waals surface area contributed by atoms with Crippen LogP contribution in [-0.4, -0.2) is 43.6 Å². The number of carbonyl (C=O) groups is 2. The molecule has 0 spiro atoms. The molecular weight excluding hydrogens is 444 g/mol. The molecule has 0 aliphatic carbocycles. The summed E-state index contributed by atoms with van der Waals surface area (Å²) < 4.78 is 16.1. The summed E-state index contributed by atoms with van der Waals surface area (Å²) in [7, 11) is 4.77. The third-order valence-corrected chi connectivity index (χ3v) is 6.45. The normalized spacial score (nSPS) is 16.9. The number of ether oxygens (including phenoxy) is 3. The van der Waals surface area contributed by atoms with Gasteiger partial charge in [-0.3, -0.25) is 9.59 Å². The molecule has 7 nitrogen and oxygen atoms in total. The zero-order chi connectivity index (χ0) is 25.0. The Labute approximate surface area is 205 Å². The van der Waals surface area contributed by atoms with Gasteiger partial charge in [-0.1, -0.05) is 30.3 Å². The number of carbonyl (C=O) groups excluding carboxylic acids is 2. The average molecular weight is 475 g/mol. The standard InChI is InChI=1S/C28H30N2O5/c1-28(27(32)29-17-19-8-7-10-22(12-19)33-2)16-21-9-5-6-11-25(21)26(31)30(28)18-20-13-23(34-3)15-24(14-20)35-4/h5-15H,16-18H2,1-4H3,(H,29,32)/t28-/m1/s1. The maximum Gasteiger partial charge on any atom is 0.255 e. The van der Waals surface area contributed by atoms with Crippen molar-refractivity contribution in [2.75, 3.05) is 21.3 Å². The summed E-state index contributed by atoms with van der Waals surface area (Å²) in [4.78, 5) is 29.0. The Balaban J connectivity index is 1.66. The van der Waals surface area contributed by atoms with Gasteiger partial charge in [0.1, 0.15) is 22.8 Å². The molecule has 7 heteroatoms. The maximum atomic E-state index is 13.7. The van der Waals surface area contributed by atoms with Crippen molar-refractivity contribution in [2.45, 2.75) is 32.0 Å². The lowest BCUT2D eigenvalue weighted by Crippen LogP contribution is -2.62. The predicted octanol–water partition coefficient (Wildman–Crippen LogP) is 3.99. The van der Waals surface area contributed by atoms with E-state index in [1.54, 1.807) is 32.3 Å². The van der Waals surface area contributed by atoms with Gasteiger partial charge in [-0.2, -0.15) is 0 Å². The van der Waals surface area contributed by atoms with E-state index in [0.717, 1.165) is 22.4 Å². The first-order valence-corrected chi connectivity index (χ1v) is 11.4. The van der Waals surface area contributed by atoms with Crippen LogP contribution in [0.3, 0.4) is 0 Å². The number of rotatable bonds is 8. The lowest BCUT2D eigenvalue weighted by atomic mass is 9.82. The Morgan fingerprint density at radius 1 is 0.886 bits per heavy atom. The first-order chi connectivity index (χ1) is 16.9. The van der Waals surface area contributed by atoms with Gasteiger partial charge in [-0.25, -0.2) is 0 Å². The second-order valence-corrected chi connectivity index (χ2v) is 8.75. The summed E-state index contributed by atoms with van der Waals surface area (Å²) in [5, 5.41) is 3.03. The first-order valence-electron chi connectivity index (χ1n) is 11.4. The molecule has 0 saturated carbocycles. The number of amides is 2. The molecule has 1 N–H and O–H groups in total. The molecule has 1 heterocycles. The van der Waals surface area contributed by atoms with E-state index in [1.165, 1.54) is 0 Å². The quantitative estimate of drug-likeness (QED) is 0.534. The van der Waals surface area contributed by atoms with Crippen LogP contribution >= 0.6 is 0 Å². The highest BCUT2D eigenvalue weighted by Gasteiger charge is 2.46. The minimum absolute atomic E-state index is 0.187. The van der Waals surface area contributed by atoms with Gasteiger partial charge in [-0.15, -0.1) is 0 Å². The summed E-state index contributed by atoms with van der Waals surface area (Å²) in [5.41, 5.74) is 2.09. The number of benzene rings is 3. The lowest BCUT2D eigenvalue weighted by molar-refractivity contribution is -0.132. The number of hydrogen-bond donors (Lipinski definition) is 1. The van der Waals surface area contributed by atoms with Crippen molar-refractivity contribution in [2.24, 2.45) is 0 Å². The second kappa shape index (κ2) is 10.1. The smallest absolute Gasteiger partial charge is 0.255 e. The molecule has 4 rings (SSSR count). The van der Waals surface area contributed by atoms with Crippen molar-refractivity contribution < 1.29 is 23.8 Å². The van der Waals surface area contributed by atoms with E-state index >= 15 is 0 Å². The molecule has 2 amide bonds. The number of nitrogens with zero attached hydrogens (tertiary/aromatic N) is 1. The van der Waals surface area contributed by atoms with Gasteiger partial charge in [0.25, 0.3) is 5.91 Å². The van der Waals surface area contributed by atoms with Gasteiger partial charge in [0.2, 0.25) is 5.91 Å². The van der Waals surface area contributed by atoms with Crippen LogP contribution in [-0.2, 0) is 24.3 Å². The van der Waals surface area contributed by atoms with Gasteiger partial charge in [0.15, 0.2) is 0 Å². The van der Waals surface area contributed by atoms with Gasteiger partial charge >= 0.3 is 0 Å². The molecular formula is C28H30N2O5. The summed E-state index contributed by atoms with van der Waals surface area (Å²) in [5.74, 6) is 1.55. The highest BCUT2D eigenvalue weighted by Crippen LogP contribution is 2.34. The van der Waals surface area contributed by atoms with E-state index < -0.39 is 5.54 Å². The minimum atomic E-state index is -1.10.